The number of amides is 1. The molecular weight excluding hydrogens is 380 g/mol. The Morgan fingerprint density at radius 2 is 1.93 bits per heavy atom. The molecule has 0 atom stereocenters. The number of aryl methyl sites for hydroxylation is 1. The molecular formula is C22H28N6O2. The molecule has 0 aliphatic heterocycles. The van der Waals surface area contributed by atoms with Crippen molar-refractivity contribution in [2.45, 2.75) is 39.5 Å². The molecule has 0 saturated heterocycles. The van der Waals surface area contributed by atoms with Crippen LogP contribution in [-0.2, 0) is 4.79 Å². The molecule has 0 radical (unpaired) electrons. The first-order valence-corrected chi connectivity index (χ1v) is 10.4. The van der Waals surface area contributed by atoms with Gasteiger partial charge >= 0.3 is 0 Å². The van der Waals surface area contributed by atoms with Gasteiger partial charge in [-0.1, -0.05) is 13.8 Å². The third kappa shape index (κ3) is 4.08. The Balaban J connectivity index is 1.66. The van der Waals surface area contributed by atoms with E-state index in [9.17, 15) is 4.79 Å². The van der Waals surface area contributed by atoms with E-state index in [0.29, 0.717) is 19.0 Å². The Kier molecular flexibility index (Phi) is 5.57. The third-order valence-corrected chi connectivity index (χ3v) is 5.22. The predicted octanol–water partition coefficient (Wildman–Crippen LogP) is 3.19. The highest BCUT2D eigenvalue weighted by atomic mass is 16.5. The average Bonchev–Trinajstić information content (AvgIpc) is 3.54. The standard InChI is InChI=1S/C22H28N6O2/c1-13(2)22(29)24-12-11-23-20-18-14(3)27-28(16-7-9-17(30-4)10-8-16)21(18)26-19(25-20)15-5-6-15/h7-10,13,15H,5-6,11-12H2,1-4H3,(H,24,29)(H,23,25,26). The number of hydrogen-bond acceptors (Lipinski definition) is 6. The molecule has 0 bridgehead atoms. The fourth-order valence-electron chi connectivity index (χ4n) is 3.33. The van der Waals surface area contributed by atoms with Crippen LogP contribution in [0.2, 0.25) is 0 Å². The van der Waals surface area contributed by atoms with Gasteiger partial charge in [-0.2, -0.15) is 5.10 Å². The molecule has 2 heterocycles. The monoisotopic (exact) mass is 408 g/mol. The van der Waals surface area contributed by atoms with E-state index in [1.54, 1.807) is 7.11 Å². The molecule has 3 aromatic rings. The van der Waals surface area contributed by atoms with Crippen LogP contribution in [0.5, 0.6) is 5.75 Å². The van der Waals surface area contributed by atoms with Gasteiger partial charge < -0.3 is 15.4 Å². The van der Waals surface area contributed by atoms with E-state index in [-0.39, 0.29) is 11.8 Å². The molecule has 1 aliphatic carbocycles. The Bertz CT molecular complexity index is 1050. The van der Waals surface area contributed by atoms with Gasteiger partial charge in [0, 0.05) is 24.9 Å². The second-order valence-electron chi connectivity index (χ2n) is 7.97. The SMILES string of the molecule is COc1ccc(-n2nc(C)c3c(NCCNC(=O)C(C)C)nc(C4CC4)nc32)cc1. The zero-order valence-corrected chi connectivity index (χ0v) is 17.9. The summed E-state index contributed by atoms with van der Waals surface area (Å²) < 4.78 is 7.13. The Morgan fingerprint density at radius 1 is 1.20 bits per heavy atom. The summed E-state index contributed by atoms with van der Waals surface area (Å²) in [5.74, 6) is 2.86. The first-order valence-electron chi connectivity index (χ1n) is 10.4. The van der Waals surface area contributed by atoms with Crippen molar-refractivity contribution in [1.29, 1.82) is 0 Å². The van der Waals surface area contributed by atoms with Gasteiger partial charge in [0.15, 0.2) is 5.65 Å². The first kappa shape index (κ1) is 20.1. The summed E-state index contributed by atoms with van der Waals surface area (Å²) >= 11 is 0. The first-order chi connectivity index (χ1) is 14.5. The lowest BCUT2D eigenvalue weighted by atomic mass is 10.2. The zero-order valence-electron chi connectivity index (χ0n) is 17.9. The summed E-state index contributed by atoms with van der Waals surface area (Å²) in [5.41, 5.74) is 2.57. The van der Waals surface area contributed by atoms with E-state index in [0.717, 1.165) is 52.6 Å². The summed E-state index contributed by atoms with van der Waals surface area (Å²) in [4.78, 5) is 21.5. The van der Waals surface area contributed by atoms with Crippen molar-refractivity contribution in [3.05, 3.63) is 35.8 Å². The number of benzene rings is 1. The van der Waals surface area contributed by atoms with Crippen molar-refractivity contribution in [3.8, 4) is 11.4 Å². The number of anilines is 1. The lowest BCUT2D eigenvalue weighted by Crippen LogP contribution is -2.32. The van der Waals surface area contributed by atoms with Gasteiger partial charge in [-0.15, -0.1) is 0 Å². The van der Waals surface area contributed by atoms with E-state index < -0.39 is 0 Å². The maximum Gasteiger partial charge on any atom is 0.222 e. The highest BCUT2D eigenvalue weighted by Gasteiger charge is 2.29. The van der Waals surface area contributed by atoms with Crippen LogP contribution in [0.15, 0.2) is 24.3 Å². The molecule has 2 N–H and O–H groups in total. The van der Waals surface area contributed by atoms with Crippen LogP contribution >= 0.6 is 0 Å². The number of ether oxygens (including phenoxy) is 1. The maximum absolute atomic E-state index is 11.8. The molecule has 8 heteroatoms. The van der Waals surface area contributed by atoms with Gasteiger partial charge in [0.25, 0.3) is 0 Å². The Hall–Kier alpha value is -3.16. The lowest BCUT2D eigenvalue weighted by Gasteiger charge is -2.11. The fourth-order valence-corrected chi connectivity index (χ4v) is 3.33. The number of methoxy groups -OCH3 is 1. The molecule has 1 aromatic carbocycles. The largest absolute Gasteiger partial charge is 0.497 e. The number of carbonyl (C=O) groups is 1. The van der Waals surface area contributed by atoms with Gasteiger partial charge in [-0.25, -0.2) is 14.6 Å². The molecule has 1 fully saturated rings. The van der Waals surface area contributed by atoms with Crippen LogP contribution in [-0.4, -0.2) is 45.9 Å². The highest BCUT2D eigenvalue weighted by molar-refractivity contribution is 5.90. The number of aromatic nitrogens is 4. The summed E-state index contributed by atoms with van der Waals surface area (Å²) in [7, 11) is 1.65. The normalized spacial score (nSPS) is 13.6. The predicted molar refractivity (Wildman–Crippen MR) is 116 cm³/mol. The van der Waals surface area contributed by atoms with Gasteiger partial charge in [-0.05, 0) is 44.0 Å². The third-order valence-electron chi connectivity index (χ3n) is 5.22. The van der Waals surface area contributed by atoms with Crippen molar-refractivity contribution < 1.29 is 9.53 Å². The number of carbonyl (C=O) groups excluding carboxylic acids is 1. The summed E-state index contributed by atoms with van der Waals surface area (Å²) in [6.07, 6.45) is 2.23. The molecule has 0 spiro atoms. The van der Waals surface area contributed by atoms with Gasteiger partial charge in [-0.3, -0.25) is 4.79 Å². The number of rotatable bonds is 8. The van der Waals surface area contributed by atoms with Crippen molar-refractivity contribution in [3.63, 3.8) is 0 Å². The topological polar surface area (TPSA) is 94.0 Å². The average molecular weight is 409 g/mol. The number of nitrogens with one attached hydrogen (secondary N) is 2. The minimum Gasteiger partial charge on any atom is -0.497 e. The Labute approximate surface area is 176 Å². The molecule has 4 rings (SSSR count). The van der Waals surface area contributed by atoms with Gasteiger partial charge in [0.1, 0.15) is 17.4 Å². The van der Waals surface area contributed by atoms with E-state index >= 15 is 0 Å². The smallest absolute Gasteiger partial charge is 0.222 e. The van der Waals surface area contributed by atoms with Crippen LogP contribution in [0, 0.1) is 12.8 Å². The molecule has 8 nitrogen and oxygen atoms in total. The molecule has 1 amide bonds. The van der Waals surface area contributed by atoms with Crippen molar-refractivity contribution >= 4 is 22.8 Å². The second-order valence-corrected chi connectivity index (χ2v) is 7.97. The fraction of sp³-hybridized carbons (Fsp3) is 0.455. The van der Waals surface area contributed by atoms with Gasteiger partial charge in [0.05, 0.1) is 23.9 Å². The van der Waals surface area contributed by atoms with E-state index in [4.69, 9.17) is 19.8 Å². The van der Waals surface area contributed by atoms with E-state index in [1.807, 2.05) is 49.7 Å². The van der Waals surface area contributed by atoms with Crippen molar-refractivity contribution in [1.82, 2.24) is 25.1 Å². The van der Waals surface area contributed by atoms with Crippen LogP contribution in [0.1, 0.15) is 44.1 Å². The molecule has 1 saturated carbocycles. The second kappa shape index (κ2) is 8.30. The maximum atomic E-state index is 11.8. The van der Waals surface area contributed by atoms with Crippen molar-refractivity contribution in [2.75, 3.05) is 25.5 Å². The van der Waals surface area contributed by atoms with Crippen LogP contribution < -0.4 is 15.4 Å². The minimum absolute atomic E-state index is 0.0257. The quantitative estimate of drug-likeness (QED) is 0.556. The number of fused-ring (bicyclic) bond motifs is 1. The molecule has 1 aliphatic rings. The summed E-state index contributed by atoms with van der Waals surface area (Å²) in [6, 6.07) is 7.77. The van der Waals surface area contributed by atoms with E-state index in [2.05, 4.69) is 10.6 Å². The minimum atomic E-state index is -0.0257. The van der Waals surface area contributed by atoms with Crippen LogP contribution in [0.3, 0.4) is 0 Å². The van der Waals surface area contributed by atoms with E-state index in [1.165, 1.54) is 0 Å². The van der Waals surface area contributed by atoms with Crippen LogP contribution in [0.25, 0.3) is 16.7 Å². The molecule has 30 heavy (non-hydrogen) atoms. The highest BCUT2D eigenvalue weighted by Crippen LogP contribution is 2.40. The summed E-state index contributed by atoms with van der Waals surface area (Å²) in [5, 5.41) is 12.0. The Morgan fingerprint density at radius 3 is 2.57 bits per heavy atom. The number of nitrogens with zero attached hydrogens (tertiary/aromatic N) is 4. The molecule has 0 unspecified atom stereocenters. The molecule has 158 valence electrons. The van der Waals surface area contributed by atoms with Gasteiger partial charge in [0.2, 0.25) is 5.91 Å². The van der Waals surface area contributed by atoms with Crippen LogP contribution in [0.4, 0.5) is 5.82 Å². The lowest BCUT2D eigenvalue weighted by molar-refractivity contribution is -0.123. The number of hydrogen-bond donors (Lipinski definition) is 2. The van der Waals surface area contributed by atoms with Crippen molar-refractivity contribution in [2.24, 2.45) is 5.92 Å². The zero-order chi connectivity index (χ0) is 21.3. The summed E-state index contributed by atoms with van der Waals surface area (Å²) in [6.45, 7) is 6.86. The molecule has 2 aromatic heterocycles.